The molecule has 0 saturated heterocycles. The van der Waals surface area contributed by atoms with E-state index >= 15 is 0 Å². The van der Waals surface area contributed by atoms with E-state index in [0.717, 1.165) is 29.8 Å². The third kappa shape index (κ3) is 3.18. The Morgan fingerprint density at radius 1 is 1.03 bits per heavy atom. The maximum Gasteiger partial charge on any atom is 0.0972 e. The lowest BCUT2D eigenvalue weighted by Gasteiger charge is -2.51. The van der Waals surface area contributed by atoms with Crippen molar-refractivity contribution in [2.75, 3.05) is 6.54 Å². The predicted octanol–water partition coefficient (Wildman–Crippen LogP) is 4.28. The lowest BCUT2D eigenvalue weighted by Crippen LogP contribution is -2.52. The van der Waals surface area contributed by atoms with Crippen LogP contribution in [0.1, 0.15) is 60.6 Å². The predicted molar refractivity (Wildman–Crippen MR) is 113 cm³/mol. The fourth-order valence-corrected chi connectivity index (χ4v) is 5.31. The van der Waals surface area contributed by atoms with Crippen LogP contribution in [0.25, 0.3) is 5.69 Å². The van der Waals surface area contributed by atoms with Crippen molar-refractivity contribution >= 4 is 0 Å². The van der Waals surface area contributed by atoms with Gasteiger partial charge in [0.2, 0.25) is 0 Å². The minimum atomic E-state index is -0.454. The monoisotopic (exact) mass is 388 g/mol. The van der Waals surface area contributed by atoms with Crippen molar-refractivity contribution in [1.29, 1.82) is 0 Å². The van der Waals surface area contributed by atoms with Crippen LogP contribution >= 0.6 is 0 Å². The maximum absolute atomic E-state index is 10.9. The van der Waals surface area contributed by atoms with Gasteiger partial charge in [-0.25, -0.2) is 4.68 Å². The quantitative estimate of drug-likeness (QED) is 0.727. The zero-order valence-corrected chi connectivity index (χ0v) is 17.0. The van der Waals surface area contributed by atoms with E-state index in [9.17, 15) is 5.11 Å². The summed E-state index contributed by atoms with van der Waals surface area (Å²) in [5.41, 5.74) is 5.60. The zero-order chi connectivity index (χ0) is 19.8. The molecular weight excluding hydrogens is 360 g/mol. The molecule has 5 nitrogen and oxygen atoms in total. The lowest BCUT2D eigenvalue weighted by atomic mass is 9.70. The molecule has 1 fully saturated rings. The van der Waals surface area contributed by atoms with Gasteiger partial charge in [-0.05, 0) is 42.5 Å². The van der Waals surface area contributed by atoms with E-state index in [1.807, 2.05) is 29.1 Å². The van der Waals surface area contributed by atoms with Gasteiger partial charge in [-0.2, -0.15) is 0 Å². The summed E-state index contributed by atoms with van der Waals surface area (Å²) >= 11 is 0. The second-order valence-corrected chi connectivity index (χ2v) is 8.52. The summed E-state index contributed by atoms with van der Waals surface area (Å²) in [7, 11) is 0. The van der Waals surface area contributed by atoms with Gasteiger partial charge in [0.25, 0.3) is 0 Å². The molecule has 1 spiro atoms. The van der Waals surface area contributed by atoms with E-state index in [0.29, 0.717) is 13.1 Å². The Hall–Kier alpha value is -2.50. The Kier molecular flexibility index (Phi) is 4.72. The van der Waals surface area contributed by atoms with E-state index in [4.69, 9.17) is 0 Å². The van der Waals surface area contributed by atoms with Crippen molar-refractivity contribution in [3.05, 3.63) is 77.1 Å². The van der Waals surface area contributed by atoms with Crippen LogP contribution in [0, 0.1) is 6.92 Å². The van der Waals surface area contributed by atoms with Gasteiger partial charge in [0, 0.05) is 18.6 Å². The lowest BCUT2D eigenvalue weighted by molar-refractivity contribution is -0.0215. The number of hydrogen-bond acceptors (Lipinski definition) is 4. The van der Waals surface area contributed by atoms with Crippen molar-refractivity contribution in [1.82, 2.24) is 19.9 Å². The highest BCUT2D eigenvalue weighted by molar-refractivity contribution is 5.40. The summed E-state index contributed by atoms with van der Waals surface area (Å²) in [6.07, 6.45) is 7.62. The Balaban J connectivity index is 1.49. The number of nitrogens with zero attached hydrogens (tertiary/aromatic N) is 4. The van der Waals surface area contributed by atoms with Crippen molar-refractivity contribution < 1.29 is 5.11 Å². The van der Waals surface area contributed by atoms with Gasteiger partial charge >= 0.3 is 0 Å². The molecule has 3 aromatic rings. The molecule has 5 rings (SSSR count). The molecular formula is C24H28N4O. The van der Waals surface area contributed by atoms with Gasteiger partial charge in [-0.3, -0.25) is 4.90 Å². The first-order valence-corrected chi connectivity index (χ1v) is 10.7. The molecule has 150 valence electrons. The maximum atomic E-state index is 10.9. The number of β-amino-alcohol motifs (C(OH)–C–C–N with tert-alkyl or cyclic N) is 1. The average Bonchev–Trinajstić information content (AvgIpc) is 3.21. The highest BCUT2D eigenvalue weighted by atomic mass is 16.3. The summed E-state index contributed by atoms with van der Waals surface area (Å²) in [6.45, 7) is 3.44. The van der Waals surface area contributed by atoms with Gasteiger partial charge in [0.1, 0.15) is 0 Å². The summed E-state index contributed by atoms with van der Waals surface area (Å²) in [5, 5.41) is 19.7. The minimum absolute atomic E-state index is 0.000513. The molecule has 0 amide bonds. The van der Waals surface area contributed by atoms with Crippen molar-refractivity contribution in [3.8, 4) is 5.69 Å². The SMILES string of the molecule is Cc1ccccc1-n1cc(CN2CC(O)c3ccccc3C23CCCCC3)nn1. The highest BCUT2D eigenvalue weighted by Crippen LogP contribution is 2.48. The Morgan fingerprint density at radius 3 is 2.62 bits per heavy atom. The first-order valence-electron chi connectivity index (χ1n) is 10.7. The average molecular weight is 389 g/mol. The van der Waals surface area contributed by atoms with Crippen LogP contribution in [-0.2, 0) is 12.1 Å². The molecule has 2 heterocycles. The topological polar surface area (TPSA) is 54.2 Å². The molecule has 0 radical (unpaired) electrons. The molecule has 2 aliphatic rings. The van der Waals surface area contributed by atoms with Crippen molar-refractivity contribution in [2.45, 2.75) is 57.2 Å². The van der Waals surface area contributed by atoms with Crippen LogP contribution in [0.4, 0.5) is 0 Å². The number of fused-ring (bicyclic) bond motifs is 2. The first-order chi connectivity index (χ1) is 14.2. The number of benzene rings is 2. The van der Waals surface area contributed by atoms with E-state index in [1.54, 1.807) is 0 Å². The van der Waals surface area contributed by atoms with Gasteiger partial charge in [-0.15, -0.1) is 5.10 Å². The normalized spacial score (nSPS) is 21.2. The molecule has 0 bridgehead atoms. The van der Waals surface area contributed by atoms with Gasteiger partial charge in [-0.1, -0.05) is 66.9 Å². The number of rotatable bonds is 3. The van der Waals surface area contributed by atoms with Crippen LogP contribution < -0.4 is 0 Å². The van der Waals surface area contributed by atoms with Crippen LogP contribution in [0.3, 0.4) is 0 Å². The van der Waals surface area contributed by atoms with Crippen molar-refractivity contribution in [3.63, 3.8) is 0 Å². The fraction of sp³-hybridized carbons (Fsp3) is 0.417. The minimum Gasteiger partial charge on any atom is -0.387 e. The molecule has 29 heavy (non-hydrogen) atoms. The summed E-state index contributed by atoms with van der Waals surface area (Å²) < 4.78 is 1.87. The number of aliphatic hydroxyl groups excluding tert-OH is 1. The molecule has 5 heteroatoms. The molecule has 1 aromatic heterocycles. The smallest absolute Gasteiger partial charge is 0.0972 e. The Labute approximate surface area is 172 Å². The number of para-hydroxylation sites is 1. The van der Waals surface area contributed by atoms with E-state index in [1.165, 1.54) is 30.4 Å². The van der Waals surface area contributed by atoms with Gasteiger partial charge < -0.3 is 5.11 Å². The number of aromatic nitrogens is 3. The molecule has 1 aliphatic carbocycles. The first kappa shape index (κ1) is 18.5. The Bertz CT molecular complexity index is 1010. The summed E-state index contributed by atoms with van der Waals surface area (Å²) in [4.78, 5) is 2.46. The Morgan fingerprint density at radius 2 is 1.79 bits per heavy atom. The highest BCUT2D eigenvalue weighted by Gasteiger charge is 2.45. The largest absolute Gasteiger partial charge is 0.387 e. The third-order valence-corrected chi connectivity index (χ3v) is 6.76. The second kappa shape index (κ2) is 7.39. The van der Waals surface area contributed by atoms with Crippen LogP contribution in [0.5, 0.6) is 0 Å². The van der Waals surface area contributed by atoms with Crippen LogP contribution in [0.2, 0.25) is 0 Å². The van der Waals surface area contributed by atoms with Crippen LogP contribution in [0.15, 0.2) is 54.7 Å². The third-order valence-electron chi connectivity index (χ3n) is 6.76. The number of hydrogen-bond donors (Lipinski definition) is 1. The molecule has 1 saturated carbocycles. The summed E-state index contributed by atoms with van der Waals surface area (Å²) in [5.74, 6) is 0. The van der Waals surface area contributed by atoms with Crippen LogP contribution in [-0.4, -0.2) is 31.5 Å². The fourth-order valence-electron chi connectivity index (χ4n) is 5.31. The van der Waals surface area contributed by atoms with E-state index in [-0.39, 0.29) is 5.54 Å². The summed E-state index contributed by atoms with van der Waals surface area (Å²) in [6, 6.07) is 16.7. The molecule has 1 unspecified atom stereocenters. The molecule has 1 N–H and O–H groups in total. The van der Waals surface area contributed by atoms with E-state index < -0.39 is 6.10 Å². The molecule has 1 aliphatic heterocycles. The second-order valence-electron chi connectivity index (χ2n) is 8.52. The van der Waals surface area contributed by atoms with E-state index in [2.05, 4.69) is 52.5 Å². The molecule has 1 atom stereocenters. The number of aryl methyl sites for hydroxylation is 1. The number of aliphatic hydroxyl groups is 1. The standard InChI is InChI=1S/C24H28N4O/c1-18-9-3-6-12-22(18)28-16-19(25-26-28)15-27-17-23(29)20-10-4-5-11-21(20)24(27)13-7-2-8-14-24/h3-6,9-12,16,23,29H,2,7-8,13-15,17H2,1H3. The zero-order valence-electron chi connectivity index (χ0n) is 17.0. The van der Waals surface area contributed by atoms with Gasteiger partial charge in [0.15, 0.2) is 0 Å². The van der Waals surface area contributed by atoms with Gasteiger partial charge in [0.05, 0.1) is 23.7 Å². The van der Waals surface area contributed by atoms with Crippen molar-refractivity contribution in [2.24, 2.45) is 0 Å². The molecule has 2 aromatic carbocycles.